The Balaban J connectivity index is 1.48. The molecule has 2 aliphatic carbocycles. The molecule has 1 fully saturated rings. The number of aromatic nitrogens is 2. The van der Waals surface area contributed by atoms with Crippen LogP contribution in [0, 0.1) is 0 Å². The predicted octanol–water partition coefficient (Wildman–Crippen LogP) is 3.48. The second-order valence-corrected chi connectivity index (χ2v) is 7.02. The number of hydrogen-bond acceptors (Lipinski definition) is 4. The number of carbonyl (C=O) groups is 1. The molecule has 0 bridgehead atoms. The molecule has 1 aromatic heterocycles. The van der Waals surface area contributed by atoms with Crippen LogP contribution in [0.15, 0.2) is 22.7 Å². The van der Waals surface area contributed by atoms with Gasteiger partial charge < -0.3 is 14.7 Å². The molecule has 132 valence electrons. The molecule has 0 saturated heterocycles. The minimum atomic E-state index is 0.0392. The van der Waals surface area contributed by atoms with Crippen molar-refractivity contribution in [3.8, 4) is 11.4 Å². The predicted molar refractivity (Wildman–Crippen MR) is 94.1 cm³/mol. The lowest BCUT2D eigenvalue weighted by Crippen LogP contribution is -2.47. The van der Waals surface area contributed by atoms with Gasteiger partial charge in [-0.3, -0.25) is 0 Å². The average Bonchev–Trinajstić information content (AvgIpc) is 3.20. The smallest absolute Gasteiger partial charge is 0.317 e. The molecule has 1 saturated carbocycles. The summed E-state index contributed by atoms with van der Waals surface area (Å²) in [5.74, 6) is 1.29. The molecule has 1 atom stereocenters. The Labute approximate surface area is 147 Å². The number of urea groups is 1. The van der Waals surface area contributed by atoms with Crippen molar-refractivity contribution in [1.29, 1.82) is 0 Å². The van der Waals surface area contributed by atoms with Gasteiger partial charge in [0, 0.05) is 25.1 Å². The molecule has 2 aliphatic rings. The van der Waals surface area contributed by atoms with Crippen LogP contribution in [0.25, 0.3) is 11.4 Å². The van der Waals surface area contributed by atoms with Gasteiger partial charge >= 0.3 is 6.03 Å². The Kier molecular flexibility index (Phi) is 4.19. The van der Waals surface area contributed by atoms with Crippen molar-refractivity contribution < 1.29 is 9.32 Å². The van der Waals surface area contributed by atoms with E-state index in [1.807, 2.05) is 24.9 Å². The van der Waals surface area contributed by atoms with E-state index in [0.29, 0.717) is 17.8 Å². The number of benzene rings is 1. The summed E-state index contributed by atoms with van der Waals surface area (Å²) in [5.41, 5.74) is 3.44. The molecule has 25 heavy (non-hydrogen) atoms. The van der Waals surface area contributed by atoms with Crippen LogP contribution in [0.1, 0.15) is 55.7 Å². The van der Waals surface area contributed by atoms with Crippen LogP contribution in [0.4, 0.5) is 4.79 Å². The lowest BCUT2D eigenvalue weighted by molar-refractivity contribution is 0.154. The van der Waals surface area contributed by atoms with Gasteiger partial charge in [-0.05, 0) is 49.3 Å². The second-order valence-electron chi connectivity index (χ2n) is 7.02. The van der Waals surface area contributed by atoms with E-state index in [1.54, 1.807) is 0 Å². The van der Waals surface area contributed by atoms with Gasteiger partial charge in [0.2, 0.25) is 11.7 Å². The maximum Gasteiger partial charge on any atom is 0.317 e. The molecule has 4 rings (SSSR count). The van der Waals surface area contributed by atoms with Crippen LogP contribution in [-0.2, 0) is 12.8 Å². The fourth-order valence-corrected chi connectivity index (χ4v) is 3.61. The molecule has 2 aromatic rings. The summed E-state index contributed by atoms with van der Waals surface area (Å²) >= 11 is 0. The second kappa shape index (κ2) is 6.50. The van der Waals surface area contributed by atoms with E-state index >= 15 is 0 Å². The summed E-state index contributed by atoms with van der Waals surface area (Å²) in [6, 6.07) is 6.78. The van der Waals surface area contributed by atoms with Gasteiger partial charge in [-0.15, -0.1) is 0 Å². The van der Waals surface area contributed by atoms with Crippen LogP contribution < -0.4 is 5.32 Å². The number of nitrogens with zero attached hydrogens (tertiary/aromatic N) is 3. The fraction of sp³-hybridized carbons (Fsp3) is 0.526. The summed E-state index contributed by atoms with van der Waals surface area (Å²) in [6.45, 7) is 1.99. The van der Waals surface area contributed by atoms with E-state index in [2.05, 4.69) is 27.6 Å². The van der Waals surface area contributed by atoms with E-state index in [1.165, 1.54) is 17.5 Å². The van der Waals surface area contributed by atoms with Crippen molar-refractivity contribution in [2.45, 2.75) is 57.5 Å². The fourth-order valence-electron chi connectivity index (χ4n) is 3.61. The van der Waals surface area contributed by atoms with Gasteiger partial charge in [0.15, 0.2) is 0 Å². The zero-order chi connectivity index (χ0) is 17.4. The molecular weight excluding hydrogens is 316 g/mol. The van der Waals surface area contributed by atoms with Crippen LogP contribution in [-0.4, -0.2) is 34.2 Å². The third-order valence-electron chi connectivity index (χ3n) is 5.49. The quantitative estimate of drug-likeness (QED) is 0.925. The molecule has 1 aromatic carbocycles. The first kappa shape index (κ1) is 16.1. The highest BCUT2D eigenvalue weighted by molar-refractivity contribution is 5.75. The van der Waals surface area contributed by atoms with Gasteiger partial charge in [0.1, 0.15) is 0 Å². The lowest BCUT2D eigenvalue weighted by atomic mass is 9.92. The summed E-state index contributed by atoms with van der Waals surface area (Å²) in [4.78, 5) is 18.7. The largest absolute Gasteiger partial charge is 0.339 e. The highest BCUT2D eigenvalue weighted by Gasteiger charge is 2.29. The number of carbonyl (C=O) groups excluding carboxylic acids is 1. The van der Waals surface area contributed by atoms with Crippen LogP contribution in [0.5, 0.6) is 0 Å². The normalized spacial score (nSPS) is 19.4. The SMILES string of the molecule is CCc1nc(-c2ccc3c(c2)CC[C@H]3NC(=O)N(C)C2CCC2)no1. The standard InChI is InChI=1S/C19H24N4O2/c1-3-17-21-18(22-25-17)13-7-9-15-12(11-13)8-10-16(15)20-19(24)23(2)14-5-4-6-14/h7,9,11,14,16H,3-6,8,10H2,1-2H3,(H,20,24)/t16-/m1/s1. The number of aryl methyl sites for hydroxylation is 2. The number of hydrogen-bond donors (Lipinski definition) is 1. The summed E-state index contributed by atoms with van der Waals surface area (Å²) in [5, 5.41) is 7.24. The molecule has 6 nitrogen and oxygen atoms in total. The Bertz CT molecular complexity index is 781. The average molecular weight is 340 g/mol. The zero-order valence-corrected chi connectivity index (χ0v) is 14.8. The van der Waals surface area contributed by atoms with Gasteiger partial charge in [-0.1, -0.05) is 24.2 Å². The van der Waals surface area contributed by atoms with E-state index in [-0.39, 0.29) is 12.1 Å². The molecule has 1 N–H and O–H groups in total. The van der Waals surface area contributed by atoms with Crippen molar-refractivity contribution in [2.75, 3.05) is 7.05 Å². The summed E-state index contributed by atoms with van der Waals surface area (Å²) in [7, 11) is 1.90. The lowest BCUT2D eigenvalue weighted by Gasteiger charge is -2.35. The maximum atomic E-state index is 12.4. The Hall–Kier alpha value is -2.37. The van der Waals surface area contributed by atoms with Crippen molar-refractivity contribution in [1.82, 2.24) is 20.4 Å². The highest BCUT2D eigenvalue weighted by Crippen LogP contribution is 2.34. The van der Waals surface area contributed by atoms with E-state index in [9.17, 15) is 4.79 Å². The third-order valence-corrected chi connectivity index (χ3v) is 5.49. The van der Waals surface area contributed by atoms with Crippen molar-refractivity contribution >= 4 is 6.03 Å². The Morgan fingerprint density at radius 1 is 1.36 bits per heavy atom. The van der Waals surface area contributed by atoms with Gasteiger partial charge in [0.05, 0.1) is 6.04 Å². The maximum absolute atomic E-state index is 12.4. The zero-order valence-electron chi connectivity index (χ0n) is 14.8. The third kappa shape index (κ3) is 3.01. The molecular formula is C19H24N4O2. The first-order valence-electron chi connectivity index (χ1n) is 9.15. The van der Waals surface area contributed by atoms with Crippen LogP contribution in [0.2, 0.25) is 0 Å². The van der Waals surface area contributed by atoms with Crippen molar-refractivity contribution in [2.24, 2.45) is 0 Å². The topological polar surface area (TPSA) is 71.3 Å². The Morgan fingerprint density at radius 2 is 2.20 bits per heavy atom. The number of rotatable bonds is 4. The molecule has 0 spiro atoms. The van der Waals surface area contributed by atoms with E-state index < -0.39 is 0 Å². The van der Waals surface area contributed by atoms with Gasteiger partial charge in [-0.2, -0.15) is 4.98 Å². The highest BCUT2D eigenvalue weighted by atomic mass is 16.5. The van der Waals surface area contributed by atoms with E-state index in [4.69, 9.17) is 4.52 Å². The summed E-state index contributed by atoms with van der Waals surface area (Å²) in [6.07, 6.45) is 6.11. The molecule has 6 heteroatoms. The number of fused-ring (bicyclic) bond motifs is 1. The van der Waals surface area contributed by atoms with Gasteiger partial charge in [-0.25, -0.2) is 4.79 Å². The molecule has 1 heterocycles. The first-order chi connectivity index (χ1) is 12.2. The van der Waals surface area contributed by atoms with Gasteiger partial charge in [0.25, 0.3) is 0 Å². The van der Waals surface area contributed by atoms with Crippen LogP contribution >= 0.6 is 0 Å². The minimum absolute atomic E-state index is 0.0392. The van der Waals surface area contributed by atoms with Crippen molar-refractivity contribution in [3.05, 3.63) is 35.2 Å². The molecule has 0 radical (unpaired) electrons. The minimum Gasteiger partial charge on any atom is -0.339 e. The van der Waals surface area contributed by atoms with E-state index in [0.717, 1.165) is 37.7 Å². The summed E-state index contributed by atoms with van der Waals surface area (Å²) < 4.78 is 5.20. The van der Waals surface area contributed by atoms with Crippen molar-refractivity contribution in [3.63, 3.8) is 0 Å². The van der Waals surface area contributed by atoms with Crippen LogP contribution in [0.3, 0.4) is 0 Å². The number of nitrogens with one attached hydrogen (secondary N) is 1. The molecule has 0 unspecified atom stereocenters. The molecule has 0 aliphatic heterocycles. The first-order valence-corrected chi connectivity index (χ1v) is 9.15. The molecule has 2 amide bonds. The number of amides is 2. The Morgan fingerprint density at radius 3 is 2.88 bits per heavy atom. The monoisotopic (exact) mass is 340 g/mol.